The van der Waals surface area contributed by atoms with E-state index in [0.717, 1.165) is 0 Å². The Morgan fingerprint density at radius 3 is 2.21 bits per heavy atom. The molecule has 1 unspecified atom stereocenters. The van der Waals surface area contributed by atoms with Gasteiger partial charge in [0.2, 0.25) is 0 Å². The summed E-state index contributed by atoms with van der Waals surface area (Å²) in [5.74, 6) is 0. The summed E-state index contributed by atoms with van der Waals surface area (Å²) in [7, 11) is -1.50. The third kappa shape index (κ3) is 5.01. The van der Waals surface area contributed by atoms with E-state index in [0.29, 0.717) is 13.0 Å². The topological polar surface area (TPSA) is 56.6 Å². The van der Waals surface area contributed by atoms with Crippen LogP contribution in [0.25, 0.3) is 0 Å². The van der Waals surface area contributed by atoms with E-state index in [4.69, 9.17) is 9.93 Å². The molecule has 0 spiro atoms. The number of hydrogen-bond donors (Lipinski definition) is 2. The first kappa shape index (κ1) is 14.0. The zero-order valence-electron chi connectivity index (χ0n) is 9.40. The maximum atomic E-state index is 9.77. The summed E-state index contributed by atoms with van der Waals surface area (Å²) in [6, 6.07) is 0.539. The van der Waals surface area contributed by atoms with Crippen molar-refractivity contribution in [3.63, 3.8) is 0 Å². The molecule has 1 atom stereocenters. The van der Waals surface area contributed by atoms with Crippen molar-refractivity contribution in [3.05, 3.63) is 0 Å². The lowest BCUT2D eigenvalue weighted by atomic mass is 10.3. The predicted octanol–water partition coefficient (Wildman–Crippen LogP) is 2.38. The largest absolute Gasteiger partial charge is 0.338 e. The molecule has 0 aliphatic rings. The van der Waals surface area contributed by atoms with Crippen LogP contribution < -0.4 is 0 Å². The van der Waals surface area contributed by atoms with Crippen molar-refractivity contribution >= 4 is 14.7 Å². The molecular formula is C9H21N2O2P. The van der Waals surface area contributed by atoms with Crippen LogP contribution in [0.4, 0.5) is 0 Å². The predicted molar refractivity (Wildman–Crippen MR) is 60.6 cm³/mol. The SMILES string of the molecule is CC(C)N(C(C)C)P(O)OCCC=N. The molecule has 0 amide bonds. The van der Waals surface area contributed by atoms with Gasteiger partial charge in [-0.15, -0.1) is 0 Å². The normalized spacial score (nSPS) is 14.0. The first-order valence-electron chi connectivity index (χ1n) is 4.89. The lowest BCUT2D eigenvalue weighted by Gasteiger charge is -2.32. The molecule has 14 heavy (non-hydrogen) atoms. The fourth-order valence-electron chi connectivity index (χ4n) is 1.25. The molecule has 0 aliphatic heterocycles. The Kier molecular flexibility index (Phi) is 7.28. The van der Waals surface area contributed by atoms with Gasteiger partial charge in [-0.3, -0.25) is 0 Å². The summed E-state index contributed by atoms with van der Waals surface area (Å²) in [5, 5.41) is 6.83. The quantitative estimate of drug-likeness (QED) is 0.393. The van der Waals surface area contributed by atoms with Gasteiger partial charge in [0.05, 0.1) is 6.61 Å². The highest BCUT2D eigenvalue weighted by atomic mass is 31.2. The summed E-state index contributed by atoms with van der Waals surface area (Å²) in [6.07, 6.45) is 1.85. The Hall–Kier alpha value is -0.0200. The number of nitrogens with one attached hydrogen (secondary N) is 1. The molecule has 5 heteroatoms. The molecule has 0 saturated carbocycles. The van der Waals surface area contributed by atoms with Crippen molar-refractivity contribution in [1.82, 2.24) is 4.67 Å². The zero-order chi connectivity index (χ0) is 11.1. The van der Waals surface area contributed by atoms with Crippen molar-refractivity contribution in [2.45, 2.75) is 46.2 Å². The first-order valence-corrected chi connectivity index (χ1v) is 6.06. The molecule has 0 aromatic carbocycles. The fraction of sp³-hybridized carbons (Fsp3) is 0.889. The maximum Gasteiger partial charge on any atom is 0.256 e. The molecule has 0 aliphatic carbocycles. The van der Waals surface area contributed by atoms with Gasteiger partial charge in [-0.2, -0.15) is 0 Å². The highest BCUT2D eigenvalue weighted by Crippen LogP contribution is 2.40. The van der Waals surface area contributed by atoms with Crippen molar-refractivity contribution in [1.29, 1.82) is 5.41 Å². The molecule has 84 valence electrons. The molecule has 0 bridgehead atoms. The molecule has 0 saturated heterocycles. The van der Waals surface area contributed by atoms with Gasteiger partial charge in [-0.05, 0) is 33.9 Å². The second kappa shape index (κ2) is 7.30. The maximum absolute atomic E-state index is 9.77. The Morgan fingerprint density at radius 2 is 1.86 bits per heavy atom. The van der Waals surface area contributed by atoms with Gasteiger partial charge in [0.15, 0.2) is 0 Å². The third-order valence-corrected chi connectivity index (χ3v) is 3.46. The number of rotatable bonds is 7. The van der Waals surface area contributed by atoms with Crippen LogP contribution in [0.1, 0.15) is 34.1 Å². The van der Waals surface area contributed by atoms with Crippen LogP contribution in [0.15, 0.2) is 0 Å². The van der Waals surface area contributed by atoms with Gasteiger partial charge in [-0.25, -0.2) is 4.67 Å². The van der Waals surface area contributed by atoms with Crippen LogP contribution in [-0.4, -0.2) is 34.5 Å². The summed E-state index contributed by atoms with van der Waals surface area (Å²) >= 11 is 0. The van der Waals surface area contributed by atoms with Gasteiger partial charge in [0.1, 0.15) is 0 Å². The lowest BCUT2D eigenvalue weighted by molar-refractivity contribution is 0.216. The van der Waals surface area contributed by atoms with Crippen LogP contribution in [0.2, 0.25) is 0 Å². The van der Waals surface area contributed by atoms with Gasteiger partial charge < -0.3 is 14.8 Å². The van der Waals surface area contributed by atoms with Gasteiger partial charge >= 0.3 is 0 Å². The van der Waals surface area contributed by atoms with E-state index in [1.54, 1.807) is 0 Å². The van der Waals surface area contributed by atoms with Crippen molar-refractivity contribution in [2.75, 3.05) is 6.61 Å². The molecule has 0 aromatic rings. The van der Waals surface area contributed by atoms with E-state index in [2.05, 4.69) is 0 Å². The second-order valence-electron chi connectivity index (χ2n) is 3.65. The molecule has 0 aromatic heterocycles. The Balaban J connectivity index is 4.01. The van der Waals surface area contributed by atoms with E-state index in [-0.39, 0.29) is 12.1 Å². The lowest BCUT2D eigenvalue weighted by Crippen LogP contribution is -2.32. The fourth-order valence-corrected chi connectivity index (χ4v) is 2.44. The summed E-state index contributed by atoms with van der Waals surface area (Å²) < 4.78 is 7.21. The zero-order valence-corrected chi connectivity index (χ0v) is 10.3. The van der Waals surface area contributed by atoms with Crippen LogP contribution in [-0.2, 0) is 4.52 Å². The minimum absolute atomic E-state index is 0.270. The molecule has 2 N–H and O–H groups in total. The third-order valence-electron chi connectivity index (χ3n) is 1.72. The summed E-state index contributed by atoms with van der Waals surface area (Å²) in [6.45, 7) is 8.55. The van der Waals surface area contributed by atoms with Crippen LogP contribution in [0, 0.1) is 5.41 Å². The molecular weight excluding hydrogens is 199 g/mol. The highest BCUT2D eigenvalue weighted by molar-refractivity contribution is 7.43. The second-order valence-corrected chi connectivity index (χ2v) is 4.87. The number of nitrogens with zero attached hydrogens (tertiary/aromatic N) is 1. The van der Waals surface area contributed by atoms with E-state index >= 15 is 0 Å². The molecule has 4 nitrogen and oxygen atoms in total. The van der Waals surface area contributed by atoms with E-state index in [9.17, 15) is 4.89 Å². The molecule has 0 radical (unpaired) electrons. The number of hydrogen-bond acceptors (Lipinski definition) is 4. The highest BCUT2D eigenvalue weighted by Gasteiger charge is 2.23. The minimum atomic E-state index is -1.50. The first-order chi connectivity index (χ1) is 6.50. The Labute approximate surface area is 87.7 Å². The van der Waals surface area contributed by atoms with Crippen molar-refractivity contribution in [2.24, 2.45) is 0 Å². The summed E-state index contributed by atoms with van der Waals surface area (Å²) in [4.78, 5) is 9.77. The van der Waals surface area contributed by atoms with Crippen molar-refractivity contribution in [3.8, 4) is 0 Å². The average Bonchev–Trinajstić information content (AvgIpc) is 2.03. The Bertz CT molecular complexity index is 157. The van der Waals surface area contributed by atoms with Crippen LogP contribution in [0.5, 0.6) is 0 Å². The standard InChI is InChI=1S/C9H21N2O2P/c1-8(2)11(9(3)4)14(12)13-7-5-6-10/h6,8-10,12H,5,7H2,1-4H3. The minimum Gasteiger partial charge on any atom is -0.338 e. The van der Waals surface area contributed by atoms with Crippen LogP contribution in [0.3, 0.4) is 0 Å². The molecule has 0 heterocycles. The van der Waals surface area contributed by atoms with Crippen LogP contribution >= 0.6 is 8.53 Å². The monoisotopic (exact) mass is 220 g/mol. The van der Waals surface area contributed by atoms with Gasteiger partial charge in [-0.1, -0.05) is 0 Å². The summed E-state index contributed by atoms with van der Waals surface area (Å²) in [5.41, 5.74) is 0. The Morgan fingerprint density at radius 1 is 1.36 bits per heavy atom. The van der Waals surface area contributed by atoms with E-state index in [1.165, 1.54) is 6.21 Å². The van der Waals surface area contributed by atoms with E-state index < -0.39 is 8.53 Å². The average molecular weight is 220 g/mol. The smallest absolute Gasteiger partial charge is 0.256 e. The van der Waals surface area contributed by atoms with Crippen molar-refractivity contribution < 1.29 is 9.42 Å². The van der Waals surface area contributed by atoms with Gasteiger partial charge in [0.25, 0.3) is 8.53 Å². The molecule has 0 rings (SSSR count). The van der Waals surface area contributed by atoms with Gasteiger partial charge in [0, 0.05) is 18.5 Å². The van der Waals surface area contributed by atoms with E-state index in [1.807, 2.05) is 32.4 Å². The molecule has 0 fully saturated rings.